The van der Waals surface area contributed by atoms with Crippen molar-refractivity contribution < 1.29 is 18.0 Å². The van der Waals surface area contributed by atoms with Crippen LogP contribution in [0, 0.1) is 0 Å². The Hall–Kier alpha value is -2.31. The van der Waals surface area contributed by atoms with Gasteiger partial charge in [0.2, 0.25) is 0 Å². The number of benzene rings is 1. The van der Waals surface area contributed by atoms with Crippen LogP contribution in [-0.2, 0) is 12.7 Å². The molecule has 0 unspecified atom stereocenters. The van der Waals surface area contributed by atoms with Crippen molar-refractivity contribution in [3.8, 4) is 0 Å². The van der Waals surface area contributed by atoms with E-state index in [0.717, 1.165) is 12.1 Å². The monoisotopic (exact) mass is 283 g/mol. The van der Waals surface area contributed by atoms with Crippen molar-refractivity contribution in [3.63, 3.8) is 0 Å². The van der Waals surface area contributed by atoms with E-state index in [4.69, 9.17) is 0 Å². The van der Waals surface area contributed by atoms with E-state index in [1.54, 1.807) is 23.1 Å². The molecule has 0 bridgehead atoms. The first-order chi connectivity index (χ1) is 9.47. The predicted octanol–water partition coefficient (Wildman–Crippen LogP) is 2.33. The Balaban J connectivity index is 1.95. The van der Waals surface area contributed by atoms with Crippen LogP contribution in [0.3, 0.4) is 0 Å². The molecule has 1 aromatic carbocycles. The number of nitrogens with one attached hydrogen (secondary N) is 1. The van der Waals surface area contributed by atoms with E-state index in [-0.39, 0.29) is 12.1 Å². The zero-order valence-electron chi connectivity index (χ0n) is 10.4. The first-order valence-electron chi connectivity index (χ1n) is 5.90. The number of halogens is 3. The number of carbonyl (C=O) groups excluding carboxylic acids is 1. The van der Waals surface area contributed by atoms with Crippen LogP contribution in [0.2, 0.25) is 0 Å². The summed E-state index contributed by atoms with van der Waals surface area (Å²) in [6.07, 6.45) is -1.11. The van der Waals surface area contributed by atoms with Crippen LogP contribution in [0.1, 0.15) is 15.9 Å². The lowest BCUT2D eigenvalue weighted by Crippen LogP contribution is -2.27. The molecule has 0 fully saturated rings. The highest BCUT2D eigenvalue weighted by Gasteiger charge is 2.30. The molecule has 1 heterocycles. The van der Waals surface area contributed by atoms with Crippen LogP contribution in [0.4, 0.5) is 13.2 Å². The number of rotatable bonds is 4. The molecular weight excluding hydrogens is 271 g/mol. The number of nitrogens with zero attached hydrogens (tertiary/aromatic N) is 2. The van der Waals surface area contributed by atoms with Gasteiger partial charge in [0, 0.05) is 24.5 Å². The lowest BCUT2D eigenvalue weighted by molar-refractivity contribution is -0.137. The van der Waals surface area contributed by atoms with E-state index in [0.29, 0.717) is 6.54 Å². The smallest absolute Gasteiger partial charge is 0.350 e. The quantitative estimate of drug-likeness (QED) is 0.936. The van der Waals surface area contributed by atoms with Crippen LogP contribution < -0.4 is 5.32 Å². The maximum atomic E-state index is 12.5. The summed E-state index contributed by atoms with van der Waals surface area (Å²) in [6.45, 7) is 0.745. The van der Waals surface area contributed by atoms with Crippen molar-refractivity contribution in [2.24, 2.45) is 0 Å². The highest BCUT2D eigenvalue weighted by atomic mass is 19.4. The minimum absolute atomic E-state index is 0.0136. The third-order valence-corrected chi connectivity index (χ3v) is 2.64. The Morgan fingerprint density at radius 1 is 1.30 bits per heavy atom. The van der Waals surface area contributed by atoms with E-state index >= 15 is 0 Å². The van der Waals surface area contributed by atoms with Crippen LogP contribution in [0.25, 0.3) is 0 Å². The maximum Gasteiger partial charge on any atom is 0.416 e. The van der Waals surface area contributed by atoms with Crippen LogP contribution in [0.5, 0.6) is 0 Å². The third kappa shape index (κ3) is 3.59. The first kappa shape index (κ1) is 14.1. The number of aromatic nitrogens is 2. The Morgan fingerprint density at radius 2 is 2.10 bits per heavy atom. The molecule has 1 aromatic heterocycles. The molecule has 7 heteroatoms. The lowest BCUT2D eigenvalue weighted by Gasteiger charge is -2.09. The summed E-state index contributed by atoms with van der Waals surface area (Å²) in [5.41, 5.74) is -0.850. The molecule has 106 valence electrons. The van der Waals surface area contributed by atoms with E-state index in [2.05, 4.69) is 10.4 Å². The minimum atomic E-state index is -4.45. The highest BCUT2D eigenvalue weighted by Crippen LogP contribution is 2.29. The molecular formula is C13H12F3N3O. The van der Waals surface area contributed by atoms with Gasteiger partial charge in [-0.2, -0.15) is 18.3 Å². The lowest BCUT2D eigenvalue weighted by atomic mass is 10.1. The molecule has 0 aliphatic rings. The SMILES string of the molecule is O=C(NCCn1cccn1)c1cccc(C(F)(F)F)c1. The van der Waals surface area contributed by atoms with E-state index in [1.165, 1.54) is 12.1 Å². The van der Waals surface area contributed by atoms with Crippen molar-refractivity contribution in [1.29, 1.82) is 0 Å². The predicted molar refractivity (Wildman–Crippen MR) is 66.0 cm³/mol. The fraction of sp³-hybridized carbons (Fsp3) is 0.231. The average Bonchev–Trinajstić information content (AvgIpc) is 2.91. The van der Waals surface area contributed by atoms with Gasteiger partial charge in [-0.15, -0.1) is 0 Å². The molecule has 0 atom stereocenters. The number of carbonyl (C=O) groups is 1. The minimum Gasteiger partial charge on any atom is -0.350 e. The number of amides is 1. The molecule has 0 radical (unpaired) electrons. The standard InChI is InChI=1S/C13H12F3N3O/c14-13(15,16)11-4-1-3-10(9-11)12(20)17-6-8-19-7-2-5-18-19/h1-5,7,9H,6,8H2,(H,17,20). The molecule has 4 nitrogen and oxygen atoms in total. The molecule has 2 aromatic rings. The second kappa shape index (κ2) is 5.77. The third-order valence-electron chi connectivity index (χ3n) is 2.64. The summed E-state index contributed by atoms with van der Waals surface area (Å²) in [6, 6.07) is 6.07. The molecule has 2 rings (SSSR count). The number of alkyl halides is 3. The van der Waals surface area contributed by atoms with Crippen molar-refractivity contribution in [1.82, 2.24) is 15.1 Å². The molecule has 1 amide bonds. The van der Waals surface area contributed by atoms with E-state index in [1.807, 2.05) is 0 Å². The molecule has 0 aliphatic carbocycles. The van der Waals surface area contributed by atoms with Gasteiger partial charge in [0.25, 0.3) is 5.91 Å². The second-order valence-electron chi connectivity index (χ2n) is 4.10. The Morgan fingerprint density at radius 3 is 2.75 bits per heavy atom. The summed E-state index contributed by atoms with van der Waals surface area (Å²) in [5, 5.41) is 6.50. The Kier molecular flexibility index (Phi) is 4.07. The molecule has 0 spiro atoms. The molecule has 0 aliphatic heterocycles. The van der Waals surface area contributed by atoms with E-state index < -0.39 is 17.6 Å². The number of hydrogen-bond donors (Lipinski definition) is 1. The second-order valence-corrected chi connectivity index (χ2v) is 4.10. The number of hydrogen-bond acceptors (Lipinski definition) is 2. The van der Waals surface area contributed by atoms with Gasteiger partial charge in [-0.05, 0) is 24.3 Å². The van der Waals surface area contributed by atoms with Gasteiger partial charge in [-0.1, -0.05) is 6.07 Å². The van der Waals surface area contributed by atoms with Crippen molar-refractivity contribution in [2.45, 2.75) is 12.7 Å². The van der Waals surface area contributed by atoms with Gasteiger partial charge in [0.05, 0.1) is 12.1 Å². The van der Waals surface area contributed by atoms with Crippen LogP contribution in [0.15, 0.2) is 42.7 Å². The highest BCUT2D eigenvalue weighted by molar-refractivity contribution is 5.94. The maximum absolute atomic E-state index is 12.5. The zero-order chi connectivity index (χ0) is 14.6. The molecule has 1 N–H and O–H groups in total. The fourth-order valence-electron chi connectivity index (χ4n) is 1.66. The summed E-state index contributed by atoms with van der Waals surface area (Å²) in [4.78, 5) is 11.7. The zero-order valence-corrected chi connectivity index (χ0v) is 10.4. The molecule has 0 saturated carbocycles. The van der Waals surface area contributed by atoms with Gasteiger partial charge in [-0.25, -0.2) is 0 Å². The summed E-state index contributed by atoms with van der Waals surface area (Å²) >= 11 is 0. The first-order valence-corrected chi connectivity index (χ1v) is 5.90. The van der Waals surface area contributed by atoms with Crippen molar-refractivity contribution in [2.75, 3.05) is 6.54 Å². The van der Waals surface area contributed by atoms with Gasteiger partial charge in [0.1, 0.15) is 0 Å². The molecule has 0 saturated heterocycles. The fourth-order valence-corrected chi connectivity index (χ4v) is 1.66. The Labute approximate surface area is 113 Å². The molecule has 20 heavy (non-hydrogen) atoms. The van der Waals surface area contributed by atoms with Gasteiger partial charge >= 0.3 is 6.18 Å². The van der Waals surface area contributed by atoms with Gasteiger partial charge < -0.3 is 5.32 Å². The topological polar surface area (TPSA) is 46.9 Å². The Bertz CT molecular complexity index is 579. The van der Waals surface area contributed by atoms with Gasteiger partial charge in [0.15, 0.2) is 0 Å². The summed E-state index contributed by atoms with van der Waals surface area (Å²) in [5.74, 6) is -0.539. The van der Waals surface area contributed by atoms with Crippen molar-refractivity contribution in [3.05, 3.63) is 53.9 Å². The normalized spacial score (nSPS) is 11.3. The van der Waals surface area contributed by atoms with Crippen LogP contribution >= 0.6 is 0 Å². The summed E-state index contributed by atoms with van der Waals surface area (Å²) in [7, 11) is 0. The summed E-state index contributed by atoms with van der Waals surface area (Å²) < 4.78 is 39.2. The van der Waals surface area contributed by atoms with Crippen molar-refractivity contribution >= 4 is 5.91 Å². The average molecular weight is 283 g/mol. The van der Waals surface area contributed by atoms with E-state index in [9.17, 15) is 18.0 Å². The van der Waals surface area contributed by atoms with Crippen LogP contribution in [-0.4, -0.2) is 22.2 Å². The largest absolute Gasteiger partial charge is 0.416 e. The van der Waals surface area contributed by atoms with Gasteiger partial charge in [-0.3, -0.25) is 9.48 Å².